The number of hydrogen-bond donors (Lipinski definition) is 2. The number of imidazole rings is 1. The van der Waals surface area contributed by atoms with Gasteiger partial charge in [-0.2, -0.15) is 5.21 Å². The Bertz CT molecular complexity index is 1420. The molecule has 3 aromatic heterocycles. The molecule has 0 bridgehead atoms. The third-order valence-electron chi connectivity index (χ3n) is 5.61. The molecule has 0 spiro atoms. The second kappa shape index (κ2) is 8.95. The molecule has 9 heteroatoms. The van der Waals surface area contributed by atoms with Crippen molar-refractivity contribution in [3.05, 3.63) is 70.9 Å². The molecule has 166 valence electrons. The molecule has 0 saturated carbocycles. The number of hydrogen-bond acceptors (Lipinski definition) is 6. The van der Waals surface area contributed by atoms with E-state index in [0.29, 0.717) is 17.2 Å². The topological polar surface area (TPSA) is 110 Å². The van der Waals surface area contributed by atoms with E-state index in [4.69, 9.17) is 4.98 Å². The fraction of sp³-hybridized carbons (Fsp3) is 0.208. The summed E-state index contributed by atoms with van der Waals surface area (Å²) in [6.45, 7) is 2.74. The lowest BCUT2D eigenvalue weighted by atomic mass is 9.95. The molecule has 8 nitrogen and oxygen atoms in total. The van der Waals surface area contributed by atoms with Crippen LogP contribution in [0.1, 0.15) is 40.8 Å². The van der Waals surface area contributed by atoms with Crippen molar-refractivity contribution in [1.82, 2.24) is 30.2 Å². The number of aromatic nitrogens is 6. The van der Waals surface area contributed by atoms with Gasteiger partial charge in [-0.3, -0.25) is 0 Å². The zero-order valence-corrected chi connectivity index (χ0v) is 18.8. The van der Waals surface area contributed by atoms with Gasteiger partial charge < -0.3 is 9.67 Å². The number of tetrazole rings is 1. The smallest absolute Gasteiger partial charge is 0.346 e. The molecule has 0 fully saturated rings. The van der Waals surface area contributed by atoms with Crippen LogP contribution in [0.2, 0.25) is 0 Å². The number of unbranched alkanes of at least 4 members (excludes halogenated alkanes) is 1. The second-order valence-corrected chi connectivity index (χ2v) is 8.79. The highest BCUT2D eigenvalue weighted by atomic mass is 32.1. The van der Waals surface area contributed by atoms with E-state index in [1.54, 1.807) is 6.07 Å². The predicted octanol–water partition coefficient (Wildman–Crippen LogP) is 5.03. The first kappa shape index (κ1) is 21.0. The number of fused-ring (bicyclic) bond motifs is 1. The monoisotopic (exact) mass is 458 g/mol. The molecular weight excluding hydrogens is 436 g/mol. The molecule has 2 N–H and O–H groups in total. The quantitative estimate of drug-likeness (QED) is 0.337. The Kier molecular flexibility index (Phi) is 5.70. The van der Waals surface area contributed by atoms with E-state index in [9.17, 15) is 9.90 Å². The van der Waals surface area contributed by atoms with Gasteiger partial charge in [-0.1, -0.05) is 61.9 Å². The molecule has 0 atom stereocenters. The summed E-state index contributed by atoms with van der Waals surface area (Å²) in [6.07, 6.45) is 2.94. The summed E-state index contributed by atoms with van der Waals surface area (Å²) in [5, 5.41) is 24.0. The summed E-state index contributed by atoms with van der Waals surface area (Å²) < 4.78 is 2.16. The number of carbonyl (C=O) groups is 1. The molecule has 3 heterocycles. The number of H-pyrrole nitrogens is 1. The molecule has 0 aliphatic heterocycles. The SMILES string of the molecule is CCCCc1nc2cc(C(=O)O)sc2n1Cc1ccccc1-c1ccccc1-c1nn[nH]n1. The standard InChI is InChI=1S/C24H22N6O2S/c1-2-3-12-21-25-19-13-20(24(31)32)33-23(19)30(21)14-15-8-4-5-9-16(15)17-10-6-7-11-18(17)22-26-28-29-27-22/h4-11,13H,2-3,12,14H2,1H3,(H,31,32)(H,26,27,28,29). The first-order valence-electron chi connectivity index (χ1n) is 10.8. The Balaban J connectivity index is 1.62. The van der Waals surface area contributed by atoms with Gasteiger partial charge in [0.2, 0.25) is 5.82 Å². The van der Waals surface area contributed by atoms with Crippen LogP contribution in [0.25, 0.3) is 32.9 Å². The Morgan fingerprint density at radius 2 is 1.85 bits per heavy atom. The maximum absolute atomic E-state index is 11.5. The molecular formula is C24H22N6O2S. The molecule has 0 radical (unpaired) electrons. The highest BCUT2D eigenvalue weighted by molar-refractivity contribution is 7.20. The number of carboxylic acid groups (broad SMARTS) is 1. The molecule has 2 aromatic carbocycles. The van der Waals surface area contributed by atoms with E-state index < -0.39 is 5.97 Å². The number of aromatic amines is 1. The lowest BCUT2D eigenvalue weighted by molar-refractivity contribution is 0.0702. The predicted molar refractivity (Wildman–Crippen MR) is 127 cm³/mol. The summed E-state index contributed by atoms with van der Waals surface area (Å²) in [5.74, 6) is 0.601. The summed E-state index contributed by atoms with van der Waals surface area (Å²) >= 11 is 1.28. The molecule has 33 heavy (non-hydrogen) atoms. The molecule has 0 unspecified atom stereocenters. The number of nitrogens with one attached hydrogen (secondary N) is 1. The van der Waals surface area contributed by atoms with E-state index in [0.717, 1.165) is 57.7 Å². The van der Waals surface area contributed by atoms with Gasteiger partial charge in [-0.15, -0.1) is 21.5 Å². The van der Waals surface area contributed by atoms with Crippen molar-refractivity contribution < 1.29 is 9.90 Å². The van der Waals surface area contributed by atoms with Gasteiger partial charge in [0.05, 0.1) is 6.54 Å². The second-order valence-electron chi connectivity index (χ2n) is 7.76. The van der Waals surface area contributed by atoms with E-state index in [1.807, 2.05) is 30.3 Å². The fourth-order valence-electron chi connectivity index (χ4n) is 4.04. The van der Waals surface area contributed by atoms with E-state index >= 15 is 0 Å². The number of benzene rings is 2. The first-order valence-corrected chi connectivity index (χ1v) is 11.6. The Hall–Kier alpha value is -3.85. The number of rotatable bonds is 8. The maximum Gasteiger partial charge on any atom is 0.346 e. The summed E-state index contributed by atoms with van der Waals surface area (Å²) in [6, 6.07) is 17.9. The van der Waals surface area contributed by atoms with Crippen molar-refractivity contribution in [1.29, 1.82) is 0 Å². The molecule has 0 aliphatic rings. The minimum atomic E-state index is -0.922. The zero-order valence-electron chi connectivity index (χ0n) is 18.0. The number of aromatic carboxylic acids is 1. The van der Waals surface area contributed by atoms with Crippen molar-refractivity contribution in [3.63, 3.8) is 0 Å². The largest absolute Gasteiger partial charge is 0.477 e. The summed E-state index contributed by atoms with van der Waals surface area (Å²) in [5.41, 5.74) is 4.82. The Morgan fingerprint density at radius 1 is 1.09 bits per heavy atom. The number of carboxylic acids is 1. The third-order valence-corrected chi connectivity index (χ3v) is 6.75. The highest BCUT2D eigenvalue weighted by Gasteiger charge is 2.19. The fourth-order valence-corrected chi connectivity index (χ4v) is 4.99. The number of nitrogens with zero attached hydrogens (tertiary/aromatic N) is 5. The molecule has 5 rings (SSSR count). The highest BCUT2D eigenvalue weighted by Crippen LogP contribution is 2.34. The van der Waals surface area contributed by atoms with Gasteiger partial charge in [0.1, 0.15) is 21.0 Å². The number of thiophene rings is 1. The summed E-state index contributed by atoms with van der Waals surface area (Å²) in [7, 11) is 0. The van der Waals surface area contributed by atoms with Crippen molar-refractivity contribution in [2.75, 3.05) is 0 Å². The van der Waals surface area contributed by atoms with Crippen molar-refractivity contribution >= 4 is 27.7 Å². The molecule has 0 amide bonds. The van der Waals surface area contributed by atoms with Gasteiger partial charge in [0, 0.05) is 12.0 Å². The lowest BCUT2D eigenvalue weighted by Gasteiger charge is -2.15. The van der Waals surface area contributed by atoms with Crippen LogP contribution in [0.4, 0.5) is 0 Å². The lowest BCUT2D eigenvalue weighted by Crippen LogP contribution is -2.06. The maximum atomic E-state index is 11.5. The summed E-state index contributed by atoms with van der Waals surface area (Å²) in [4.78, 5) is 17.5. The van der Waals surface area contributed by atoms with Crippen LogP contribution in [0.15, 0.2) is 54.6 Å². The van der Waals surface area contributed by atoms with Crippen molar-refractivity contribution in [2.24, 2.45) is 0 Å². The van der Waals surface area contributed by atoms with Crippen LogP contribution in [0.5, 0.6) is 0 Å². The average molecular weight is 459 g/mol. The van der Waals surface area contributed by atoms with E-state index in [-0.39, 0.29) is 0 Å². The number of aryl methyl sites for hydroxylation is 1. The van der Waals surface area contributed by atoms with Gasteiger partial charge in [-0.25, -0.2) is 9.78 Å². The molecule has 0 aliphatic carbocycles. The van der Waals surface area contributed by atoms with Crippen molar-refractivity contribution in [2.45, 2.75) is 32.7 Å². The van der Waals surface area contributed by atoms with Crippen LogP contribution in [0.3, 0.4) is 0 Å². The Morgan fingerprint density at radius 3 is 2.58 bits per heavy atom. The Labute approximate surface area is 193 Å². The van der Waals surface area contributed by atoms with Crippen LogP contribution in [0, 0.1) is 0 Å². The minimum Gasteiger partial charge on any atom is -0.477 e. The average Bonchev–Trinajstić information content (AvgIpc) is 3.56. The van der Waals surface area contributed by atoms with E-state index in [2.05, 4.69) is 50.3 Å². The van der Waals surface area contributed by atoms with Crippen LogP contribution < -0.4 is 0 Å². The minimum absolute atomic E-state index is 0.305. The molecule has 0 saturated heterocycles. The van der Waals surface area contributed by atoms with Crippen molar-refractivity contribution in [3.8, 4) is 22.5 Å². The van der Waals surface area contributed by atoms with Gasteiger partial charge >= 0.3 is 5.97 Å². The third kappa shape index (κ3) is 4.03. The van der Waals surface area contributed by atoms with Crippen LogP contribution in [-0.2, 0) is 13.0 Å². The van der Waals surface area contributed by atoms with E-state index in [1.165, 1.54) is 11.3 Å². The van der Waals surface area contributed by atoms with Gasteiger partial charge in [0.25, 0.3) is 0 Å². The van der Waals surface area contributed by atoms with Gasteiger partial charge in [-0.05, 0) is 34.4 Å². The zero-order chi connectivity index (χ0) is 22.8. The normalized spacial score (nSPS) is 11.3. The molecule has 5 aromatic rings. The first-order chi connectivity index (χ1) is 16.2. The van der Waals surface area contributed by atoms with Gasteiger partial charge in [0.15, 0.2) is 0 Å². The van der Waals surface area contributed by atoms with Crippen LogP contribution >= 0.6 is 11.3 Å². The van der Waals surface area contributed by atoms with Crippen LogP contribution in [-0.4, -0.2) is 41.3 Å².